The molecule has 0 aliphatic carbocycles. The highest BCUT2D eigenvalue weighted by Crippen LogP contribution is 2.20. The molecule has 0 amide bonds. The molecular formula is C11H14N4. The molecule has 2 N–H and O–H groups in total. The molecule has 15 heavy (non-hydrogen) atoms. The Morgan fingerprint density at radius 3 is 2.33 bits per heavy atom. The van der Waals surface area contributed by atoms with Crippen LogP contribution in [-0.4, -0.2) is 15.2 Å². The topological polar surface area (TPSA) is 53.6 Å². The van der Waals surface area contributed by atoms with Crippen LogP contribution in [0, 0.1) is 20.8 Å². The van der Waals surface area contributed by atoms with Crippen molar-refractivity contribution >= 4 is 11.6 Å². The van der Waals surface area contributed by atoms with E-state index < -0.39 is 0 Å². The summed E-state index contributed by atoms with van der Waals surface area (Å²) in [5.41, 5.74) is 4.92. The molecule has 1 heterocycles. The zero-order valence-electron chi connectivity index (χ0n) is 9.13. The number of benzene rings is 1. The van der Waals surface area contributed by atoms with Gasteiger partial charge in [-0.1, -0.05) is 0 Å². The lowest BCUT2D eigenvalue weighted by atomic mass is 10.0. The van der Waals surface area contributed by atoms with E-state index in [1.165, 1.54) is 23.0 Å². The molecule has 0 fully saturated rings. The SMILES string of the molecule is Cc1cc(Nc2ncn[nH]2)cc(C)c1C. The van der Waals surface area contributed by atoms with Gasteiger partial charge < -0.3 is 5.32 Å². The summed E-state index contributed by atoms with van der Waals surface area (Å²) >= 11 is 0. The van der Waals surface area contributed by atoms with Crippen molar-refractivity contribution in [2.24, 2.45) is 0 Å². The lowest BCUT2D eigenvalue weighted by Gasteiger charge is -2.09. The van der Waals surface area contributed by atoms with Crippen LogP contribution in [0.5, 0.6) is 0 Å². The van der Waals surface area contributed by atoms with E-state index in [9.17, 15) is 0 Å². The Balaban J connectivity index is 2.30. The predicted molar refractivity (Wildman–Crippen MR) is 60.3 cm³/mol. The number of aromatic nitrogens is 3. The number of aromatic amines is 1. The molecule has 2 aromatic rings. The molecule has 0 aliphatic heterocycles. The number of aryl methyl sites for hydroxylation is 2. The summed E-state index contributed by atoms with van der Waals surface area (Å²) in [7, 11) is 0. The maximum atomic E-state index is 4.02. The summed E-state index contributed by atoms with van der Waals surface area (Å²) < 4.78 is 0. The van der Waals surface area contributed by atoms with Gasteiger partial charge in [0.1, 0.15) is 6.33 Å². The fraction of sp³-hybridized carbons (Fsp3) is 0.273. The van der Waals surface area contributed by atoms with E-state index in [1.807, 2.05) is 0 Å². The van der Waals surface area contributed by atoms with Crippen LogP contribution in [0.3, 0.4) is 0 Å². The average molecular weight is 202 g/mol. The summed E-state index contributed by atoms with van der Waals surface area (Å²) in [5.74, 6) is 0.664. The van der Waals surface area contributed by atoms with Crippen molar-refractivity contribution in [2.75, 3.05) is 5.32 Å². The van der Waals surface area contributed by atoms with Crippen molar-refractivity contribution in [3.05, 3.63) is 35.2 Å². The highest BCUT2D eigenvalue weighted by molar-refractivity contribution is 5.57. The summed E-state index contributed by atoms with van der Waals surface area (Å²) in [6, 6.07) is 4.20. The number of anilines is 2. The van der Waals surface area contributed by atoms with Crippen LogP contribution < -0.4 is 5.32 Å². The van der Waals surface area contributed by atoms with E-state index in [0.29, 0.717) is 5.95 Å². The zero-order chi connectivity index (χ0) is 10.8. The van der Waals surface area contributed by atoms with Crippen molar-refractivity contribution < 1.29 is 0 Å². The van der Waals surface area contributed by atoms with Gasteiger partial charge in [-0.2, -0.15) is 10.1 Å². The third kappa shape index (κ3) is 1.98. The Labute approximate surface area is 88.8 Å². The fourth-order valence-corrected chi connectivity index (χ4v) is 1.51. The first-order valence-electron chi connectivity index (χ1n) is 4.87. The van der Waals surface area contributed by atoms with E-state index in [0.717, 1.165) is 5.69 Å². The lowest BCUT2D eigenvalue weighted by Crippen LogP contribution is -1.95. The number of nitrogens with one attached hydrogen (secondary N) is 2. The molecule has 0 radical (unpaired) electrons. The van der Waals surface area contributed by atoms with E-state index in [2.05, 4.69) is 53.4 Å². The second-order valence-electron chi connectivity index (χ2n) is 3.69. The third-order valence-electron chi connectivity index (χ3n) is 2.60. The molecule has 1 aromatic heterocycles. The summed E-state index contributed by atoms with van der Waals surface area (Å²) in [5, 5.41) is 9.71. The Kier molecular flexibility index (Phi) is 2.41. The van der Waals surface area contributed by atoms with Gasteiger partial charge in [0, 0.05) is 5.69 Å². The van der Waals surface area contributed by atoms with Crippen molar-refractivity contribution in [1.29, 1.82) is 0 Å². The standard InChI is InChI=1S/C11H14N4/c1-7-4-10(5-8(2)9(7)3)14-11-12-6-13-15-11/h4-6H,1-3H3,(H2,12,13,14,15). The molecule has 0 unspecified atom stereocenters. The molecule has 78 valence electrons. The second kappa shape index (κ2) is 3.73. The Bertz CT molecular complexity index is 436. The minimum Gasteiger partial charge on any atom is -0.325 e. The maximum absolute atomic E-state index is 4.02. The first-order chi connectivity index (χ1) is 7.16. The first-order valence-corrected chi connectivity index (χ1v) is 4.87. The monoisotopic (exact) mass is 202 g/mol. The van der Waals surface area contributed by atoms with Gasteiger partial charge in [0.25, 0.3) is 0 Å². The van der Waals surface area contributed by atoms with Gasteiger partial charge in [0.15, 0.2) is 0 Å². The van der Waals surface area contributed by atoms with Crippen LogP contribution >= 0.6 is 0 Å². The Morgan fingerprint density at radius 2 is 1.80 bits per heavy atom. The van der Waals surface area contributed by atoms with Crippen molar-refractivity contribution in [3.63, 3.8) is 0 Å². The lowest BCUT2D eigenvalue weighted by molar-refractivity contribution is 1.09. The second-order valence-corrected chi connectivity index (χ2v) is 3.69. The quantitative estimate of drug-likeness (QED) is 0.786. The van der Waals surface area contributed by atoms with Crippen LogP contribution in [0.15, 0.2) is 18.5 Å². The van der Waals surface area contributed by atoms with Gasteiger partial charge in [-0.05, 0) is 49.6 Å². The fourth-order valence-electron chi connectivity index (χ4n) is 1.51. The van der Waals surface area contributed by atoms with Gasteiger partial charge >= 0.3 is 0 Å². The van der Waals surface area contributed by atoms with Crippen molar-refractivity contribution in [1.82, 2.24) is 15.2 Å². The number of hydrogen-bond acceptors (Lipinski definition) is 3. The molecule has 0 bridgehead atoms. The highest BCUT2D eigenvalue weighted by atomic mass is 15.3. The summed E-state index contributed by atoms with van der Waals surface area (Å²) in [4.78, 5) is 4.02. The van der Waals surface area contributed by atoms with E-state index in [1.54, 1.807) is 0 Å². The molecule has 0 spiro atoms. The number of rotatable bonds is 2. The van der Waals surface area contributed by atoms with Crippen LogP contribution in [0.1, 0.15) is 16.7 Å². The molecule has 1 aromatic carbocycles. The zero-order valence-corrected chi connectivity index (χ0v) is 9.13. The Hall–Kier alpha value is -1.84. The Morgan fingerprint density at radius 1 is 1.13 bits per heavy atom. The molecule has 0 atom stereocenters. The third-order valence-corrected chi connectivity index (χ3v) is 2.60. The summed E-state index contributed by atoms with van der Waals surface area (Å²) in [6.45, 7) is 6.34. The molecule has 0 aliphatic rings. The van der Waals surface area contributed by atoms with Gasteiger partial charge in [-0.3, -0.25) is 0 Å². The molecule has 4 nitrogen and oxygen atoms in total. The van der Waals surface area contributed by atoms with Gasteiger partial charge in [-0.15, -0.1) is 0 Å². The van der Waals surface area contributed by atoms with E-state index in [-0.39, 0.29) is 0 Å². The highest BCUT2D eigenvalue weighted by Gasteiger charge is 2.02. The van der Waals surface area contributed by atoms with Gasteiger partial charge in [-0.25, -0.2) is 5.10 Å². The molecule has 0 saturated heterocycles. The molecule has 4 heteroatoms. The largest absolute Gasteiger partial charge is 0.325 e. The van der Waals surface area contributed by atoms with E-state index in [4.69, 9.17) is 0 Å². The number of H-pyrrole nitrogens is 1. The normalized spacial score (nSPS) is 10.3. The molecular weight excluding hydrogens is 188 g/mol. The minimum absolute atomic E-state index is 0.664. The van der Waals surface area contributed by atoms with Crippen molar-refractivity contribution in [3.8, 4) is 0 Å². The van der Waals surface area contributed by atoms with Crippen LogP contribution in [-0.2, 0) is 0 Å². The smallest absolute Gasteiger partial charge is 0.222 e. The average Bonchev–Trinajstić information content (AvgIpc) is 2.66. The summed E-state index contributed by atoms with van der Waals surface area (Å²) in [6.07, 6.45) is 1.48. The van der Waals surface area contributed by atoms with Crippen LogP contribution in [0.4, 0.5) is 11.6 Å². The van der Waals surface area contributed by atoms with Gasteiger partial charge in [0.05, 0.1) is 0 Å². The molecule has 0 saturated carbocycles. The van der Waals surface area contributed by atoms with Crippen LogP contribution in [0.2, 0.25) is 0 Å². The van der Waals surface area contributed by atoms with Crippen molar-refractivity contribution in [2.45, 2.75) is 20.8 Å². The number of nitrogens with zero attached hydrogens (tertiary/aromatic N) is 2. The maximum Gasteiger partial charge on any atom is 0.222 e. The minimum atomic E-state index is 0.664. The predicted octanol–water partition coefficient (Wildman–Crippen LogP) is 2.47. The number of hydrogen-bond donors (Lipinski definition) is 2. The molecule has 2 rings (SSSR count). The van der Waals surface area contributed by atoms with Gasteiger partial charge in [0.2, 0.25) is 5.95 Å². The van der Waals surface area contributed by atoms with Crippen LogP contribution in [0.25, 0.3) is 0 Å². The van der Waals surface area contributed by atoms with E-state index >= 15 is 0 Å². The first kappa shape index (κ1) is 9.71.